The van der Waals surface area contributed by atoms with Crippen LogP contribution in [0, 0.1) is 0 Å². The van der Waals surface area contributed by atoms with Crippen molar-refractivity contribution in [3.63, 3.8) is 0 Å². The zero-order chi connectivity index (χ0) is 39.0. The van der Waals surface area contributed by atoms with Gasteiger partial charge < -0.3 is 18.9 Å². The second-order valence-electron chi connectivity index (χ2n) is 17.9. The standard InChI is InChI=1S/C54H29B3N4/c1-3-22-40-30(12-1)32-14-5-16-34-51(32)58(40)42-24-9-26-44-48(42)55(34)36-18-7-20-38-53(36)60(44)46-28-11-29-47-50(46)57(38)39-21-8-19-37-54(39)61(47)45-27-10-25-43-49(45)56(37)35-17-6-15-33-31-13-2-4-23-41(31)59(43)52(33)35/h1-29H. The van der Waals surface area contributed by atoms with Gasteiger partial charge in [0.05, 0.1) is 11.0 Å². The van der Waals surface area contributed by atoms with Gasteiger partial charge in [-0.2, -0.15) is 0 Å². The van der Waals surface area contributed by atoms with Crippen molar-refractivity contribution in [3.8, 4) is 11.4 Å². The summed E-state index contributed by atoms with van der Waals surface area (Å²) in [6.45, 7) is 0.314. The summed E-state index contributed by atoms with van der Waals surface area (Å²) in [6.07, 6.45) is 0. The van der Waals surface area contributed by atoms with Crippen LogP contribution in [0.25, 0.3) is 55.0 Å². The number of anilines is 6. The van der Waals surface area contributed by atoms with Gasteiger partial charge in [-0.25, -0.2) is 0 Å². The molecule has 0 bridgehead atoms. The van der Waals surface area contributed by atoms with Gasteiger partial charge in [-0.1, -0.05) is 127 Å². The van der Waals surface area contributed by atoms with Crippen molar-refractivity contribution in [1.82, 2.24) is 9.13 Å². The minimum Gasteiger partial charge on any atom is -0.312 e. The van der Waals surface area contributed by atoms with E-state index in [-0.39, 0.29) is 20.1 Å². The molecule has 274 valence electrons. The fourth-order valence-electron chi connectivity index (χ4n) is 13.5. The first-order valence-corrected chi connectivity index (χ1v) is 21.6. The molecule has 0 atom stereocenters. The summed E-state index contributed by atoms with van der Waals surface area (Å²) >= 11 is 0. The van der Waals surface area contributed by atoms with Gasteiger partial charge in [-0.3, -0.25) is 0 Å². The summed E-state index contributed by atoms with van der Waals surface area (Å²) in [5.74, 6) is 0. The van der Waals surface area contributed by atoms with Gasteiger partial charge in [0, 0.05) is 78.1 Å². The van der Waals surface area contributed by atoms with Gasteiger partial charge in [-0.05, 0) is 97.7 Å². The predicted molar refractivity (Wildman–Crippen MR) is 258 cm³/mol. The van der Waals surface area contributed by atoms with E-state index in [1.54, 1.807) is 0 Å². The maximum atomic E-state index is 2.65. The smallest absolute Gasteiger partial charge is 0.252 e. The van der Waals surface area contributed by atoms with Crippen molar-refractivity contribution in [1.29, 1.82) is 0 Å². The molecule has 6 aliphatic heterocycles. The summed E-state index contributed by atoms with van der Waals surface area (Å²) in [7, 11) is 0. The van der Waals surface area contributed by atoms with Crippen LogP contribution in [0.3, 0.4) is 0 Å². The molecule has 7 heteroatoms. The zero-order valence-corrected chi connectivity index (χ0v) is 32.8. The number of rotatable bonds is 0. The first-order chi connectivity index (χ1) is 30.3. The number of hydrogen-bond donors (Lipinski definition) is 0. The van der Waals surface area contributed by atoms with Crippen molar-refractivity contribution in [3.05, 3.63) is 176 Å². The average Bonchev–Trinajstić information content (AvgIpc) is 3.84. The van der Waals surface area contributed by atoms with E-state index in [0.29, 0.717) is 0 Å². The Morgan fingerprint density at radius 3 is 1.02 bits per heavy atom. The lowest BCUT2D eigenvalue weighted by atomic mass is 9.27. The normalized spacial score (nSPS) is 14.7. The topological polar surface area (TPSA) is 16.3 Å². The first kappa shape index (κ1) is 30.4. The van der Waals surface area contributed by atoms with Gasteiger partial charge in [0.2, 0.25) is 0 Å². The summed E-state index contributed by atoms with van der Waals surface area (Å²) in [5.41, 5.74) is 28.2. The minimum absolute atomic E-state index is 0.0785. The molecule has 0 unspecified atom stereocenters. The summed E-state index contributed by atoms with van der Waals surface area (Å²) in [6, 6.07) is 67.5. The third-order valence-electron chi connectivity index (χ3n) is 15.5. The van der Waals surface area contributed by atoms with E-state index in [0.717, 1.165) is 0 Å². The maximum Gasteiger partial charge on any atom is 0.252 e. The third-order valence-corrected chi connectivity index (χ3v) is 15.5. The third kappa shape index (κ3) is 3.18. The lowest BCUT2D eigenvalue weighted by Gasteiger charge is -2.50. The lowest BCUT2D eigenvalue weighted by molar-refractivity contribution is 1.17. The van der Waals surface area contributed by atoms with Crippen molar-refractivity contribution in [2.24, 2.45) is 0 Å². The SMILES string of the molecule is c1cc2c3c(c1)B1c4c(cccc4-n4c5ccccc5c5cccc1c54)N3c1cccc3c1B2c1cccc2c1N3c1cccc3c1B2c1cccc2c4ccccc4n-3c12. The van der Waals surface area contributed by atoms with Crippen molar-refractivity contribution >= 4 is 147 Å². The molecule has 0 saturated carbocycles. The molecule has 9 aromatic carbocycles. The Balaban J connectivity index is 0.986. The Morgan fingerprint density at radius 1 is 0.262 bits per heavy atom. The van der Waals surface area contributed by atoms with Gasteiger partial charge in [0.1, 0.15) is 0 Å². The first-order valence-electron chi connectivity index (χ1n) is 21.6. The molecule has 11 aromatic rings. The summed E-state index contributed by atoms with van der Waals surface area (Å²) in [4.78, 5) is 5.29. The molecule has 8 heterocycles. The Morgan fingerprint density at radius 2 is 0.574 bits per heavy atom. The van der Waals surface area contributed by atoms with Crippen LogP contribution < -0.4 is 59.0 Å². The molecule has 2 aromatic heterocycles. The predicted octanol–water partition coefficient (Wildman–Crippen LogP) is 6.25. The molecule has 0 amide bonds. The zero-order valence-electron chi connectivity index (χ0n) is 32.8. The molecule has 0 spiro atoms. The Bertz CT molecular complexity index is 3700. The van der Waals surface area contributed by atoms with E-state index in [1.807, 2.05) is 0 Å². The van der Waals surface area contributed by atoms with Crippen LogP contribution >= 0.6 is 0 Å². The lowest BCUT2D eigenvalue weighted by Crippen LogP contribution is -2.70. The van der Waals surface area contributed by atoms with E-state index >= 15 is 0 Å². The molecule has 0 radical (unpaired) electrons. The molecule has 61 heavy (non-hydrogen) atoms. The second kappa shape index (κ2) is 10.0. The Hall–Kier alpha value is -7.63. The molecule has 17 rings (SSSR count). The van der Waals surface area contributed by atoms with Crippen LogP contribution in [0.15, 0.2) is 176 Å². The number of aromatic nitrogens is 2. The highest BCUT2D eigenvalue weighted by Crippen LogP contribution is 2.47. The minimum atomic E-state index is 0.0785. The van der Waals surface area contributed by atoms with E-state index in [1.165, 1.54) is 138 Å². The number of fused-ring (bicyclic) bond motifs is 18. The van der Waals surface area contributed by atoms with Crippen molar-refractivity contribution in [2.45, 2.75) is 0 Å². The quantitative estimate of drug-likeness (QED) is 0.170. The maximum absolute atomic E-state index is 2.65. The highest BCUT2D eigenvalue weighted by atomic mass is 15.2. The van der Waals surface area contributed by atoms with E-state index in [9.17, 15) is 0 Å². The highest BCUT2D eigenvalue weighted by Gasteiger charge is 2.52. The average molecular weight is 766 g/mol. The number of nitrogens with zero attached hydrogens (tertiary/aromatic N) is 4. The van der Waals surface area contributed by atoms with E-state index in [2.05, 4.69) is 195 Å². The Labute approximate surface area is 351 Å². The fourth-order valence-corrected chi connectivity index (χ4v) is 13.5. The van der Waals surface area contributed by atoms with Gasteiger partial charge in [-0.15, -0.1) is 0 Å². The van der Waals surface area contributed by atoms with Crippen LogP contribution in [-0.2, 0) is 0 Å². The van der Waals surface area contributed by atoms with Crippen LogP contribution in [0.1, 0.15) is 0 Å². The van der Waals surface area contributed by atoms with Gasteiger partial charge >= 0.3 is 0 Å². The molecular weight excluding hydrogens is 737 g/mol. The fraction of sp³-hybridized carbons (Fsp3) is 0. The molecule has 4 nitrogen and oxygen atoms in total. The monoisotopic (exact) mass is 766 g/mol. The van der Waals surface area contributed by atoms with Gasteiger partial charge in [0.25, 0.3) is 20.1 Å². The Kier molecular flexibility index (Phi) is 5.00. The number of para-hydroxylation sites is 6. The van der Waals surface area contributed by atoms with Gasteiger partial charge in [0.15, 0.2) is 0 Å². The molecule has 0 aliphatic carbocycles. The largest absolute Gasteiger partial charge is 0.312 e. The number of benzene rings is 9. The number of hydrogen-bond acceptors (Lipinski definition) is 2. The molecule has 0 fully saturated rings. The van der Waals surface area contributed by atoms with E-state index in [4.69, 9.17) is 0 Å². The van der Waals surface area contributed by atoms with Crippen molar-refractivity contribution < 1.29 is 0 Å². The molecular formula is C54H29B3N4. The van der Waals surface area contributed by atoms with E-state index < -0.39 is 0 Å². The van der Waals surface area contributed by atoms with Crippen LogP contribution in [0.4, 0.5) is 34.1 Å². The molecule has 0 saturated heterocycles. The van der Waals surface area contributed by atoms with Crippen LogP contribution in [0.2, 0.25) is 0 Å². The highest BCUT2D eigenvalue weighted by molar-refractivity contribution is 7.06. The second-order valence-corrected chi connectivity index (χ2v) is 17.9. The molecule has 0 N–H and O–H groups in total. The van der Waals surface area contributed by atoms with Crippen LogP contribution in [0.5, 0.6) is 0 Å². The summed E-state index contributed by atoms with van der Waals surface area (Å²) in [5, 5.41) is 5.29. The summed E-state index contributed by atoms with van der Waals surface area (Å²) < 4.78 is 5.11. The van der Waals surface area contributed by atoms with Crippen LogP contribution in [-0.4, -0.2) is 29.3 Å². The van der Waals surface area contributed by atoms with Crippen molar-refractivity contribution in [2.75, 3.05) is 9.80 Å². The molecule has 6 aliphatic rings.